The number of rotatable bonds is 6. The van der Waals surface area contributed by atoms with E-state index in [0.717, 1.165) is 49.8 Å². The summed E-state index contributed by atoms with van der Waals surface area (Å²) in [5.74, 6) is 1.58. The van der Waals surface area contributed by atoms with Gasteiger partial charge >= 0.3 is 0 Å². The van der Waals surface area contributed by atoms with Crippen LogP contribution in [-0.2, 0) is 17.6 Å². The van der Waals surface area contributed by atoms with Crippen LogP contribution in [0.15, 0.2) is 0 Å². The summed E-state index contributed by atoms with van der Waals surface area (Å²) in [7, 11) is 1.73. The lowest BCUT2D eigenvalue weighted by molar-refractivity contribution is 0.0920. The fourth-order valence-electron chi connectivity index (χ4n) is 3.00. The number of nitrogens with one attached hydrogen (secondary N) is 1. The van der Waals surface area contributed by atoms with E-state index in [4.69, 9.17) is 9.72 Å². The summed E-state index contributed by atoms with van der Waals surface area (Å²) in [4.78, 5) is 9.46. The molecule has 0 aromatic carbocycles. The fourth-order valence-corrected chi connectivity index (χ4v) is 3.00. The zero-order valence-electron chi connectivity index (χ0n) is 13.2. The van der Waals surface area contributed by atoms with Crippen LogP contribution in [0.4, 0.5) is 0 Å². The van der Waals surface area contributed by atoms with Crippen molar-refractivity contribution in [1.82, 2.24) is 15.3 Å². The maximum atomic E-state index is 5.47. The zero-order valence-corrected chi connectivity index (χ0v) is 13.2. The van der Waals surface area contributed by atoms with Gasteiger partial charge in [0.05, 0.1) is 0 Å². The number of fused-ring (bicyclic) bond motifs is 1. The van der Waals surface area contributed by atoms with Crippen LogP contribution in [0.2, 0.25) is 0 Å². The summed E-state index contributed by atoms with van der Waals surface area (Å²) in [6.45, 7) is 8.53. The minimum Gasteiger partial charge on any atom is -0.373 e. The molecule has 0 saturated carbocycles. The highest BCUT2D eigenvalue weighted by atomic mass is 16.5. The predicted octanol–water partition coefficient (Wildman–Crippen LogP) is 2.60. The Morgan fingerprint density at radius 1 is 1.35 bits per heavy atom. The largest absolute Gasteiger partial charge is 0.373 e. The topological polar surface area (TPSA) is 47.0 Å². The Labute approximate surface area is 122 Å². The van der Waals surface area contributed by atoms with E-state index < -0.39 is 0 Å². The van der Waals surface area contributed by atoms with E-state index in [0.29, 0.717) is 0 Å². The highest BCUT2D eigenvalue weighted by molar-refractivity contribution is 5.28. The molecule has 1 aromatic rings. The Morgan fingerprint density at radius 2 is 2.15 bits per heavy atom. The Bertz CT molecular complexity index is 444. The molecule has 112 valence electrons. The molecule has 0 amide bonds. The summed E-state index contributed by atoms with van der Waals surface area (Å²) >= 11 is 0. The Balaban J connectivity index is 2.18. The monoisotopic (exact) mass is 277 g/mol. The van der Waals surface area contributed by atoms with Crippen molar-refractivity contribution in [3.8, 4) is 0 Å². The lowest BCUT2D eigenvalue weighted by Gasteiger charge is -2.26. The lowest BCUT2D eigenvalue weighted by atomic mass is 9.85. The number of methoxy groups -OCH3 is 1. The minimum atomic E-state index is 0.0264. The van der Waals surface area contributed by atoms with Gasteiger partial charge in [-0.1, -0.05) is 13.8 Å². The molecule has 1 N–H and O–H groups in total. The number of aromatic nitrogens is 2. The van der Waals surface area contributed by atoms with Gasteiger partial charge in [-0.3, -0.25) is 0 Å². The van der Waals surface area contributed by atoms with Crippen LogP contribution in [-0.4, -0.2) is 30.2 Å². The van der Waals surface area contributed by atoms with Crippen molar-refractivity contribution in [2.45, 2.75) is 52.6 Å². The van der Waals surface area contributed by atoms with Gasteiger partial charge in [0.15, 0.2) is 5.82 Å². The van der Waals surface area contributed by atoms with Crippen LogP contribution in [0.5, 0.6) is 0 Å². The van der Waals surface area contributed by atoms with Crippen molar-refractivity contribution in [1.29, 1.82) is 0 Å². The molecule has 0 radical (unpaired) electrons. The van der Waals surface area contributed by atoms with Gasteiger partial charge in [0.2, 0.25) is 0 Å². The summed E-state index contributed by atoms with van der Waals surface area (Å²) in [5, 5.41) is 3.46. The Morgan fingerprint density at radius 3 is 2.80 bits per heavy atom. The SMILES string of the molecule is CCNCC1CCc2nc(C(CC)OC)nc(C)c2C1. The highest BCUT2D eigenvalue weighted by Gasteiger charge is 2.24. The molecule has 4 nitrogen and oxygen atoms in total. The summed E-state index contributed by atoms with van der Waals surface area (Å²) in [6.07, 6.45) is 4.34. The van der Waals surface area contributed by atoms with Gasteiger partial charge in [-0.15, -0.1) is 0 Å². The van der Waals surface area contributed by atoms with Crippen molar-refractivity contribution in [2.75, 3.05) is 20.2 Å². The van der Waals surface area contributed by atoms with E-state index in [1.165, 1.54) is 17.7 Å². The van der Waals surface area contributed by atoms with Crippen LogP contribution in [0, 0.1) is 12.8 Å². The summed E-state index contributed by atoms with van der Waals surface area (Å²) in [5.41, 5.74) is 3.76. The first kappa shape index (κ1) is 15.4. The first-order chi connectivity index (χ1) is 9.69. The standard InChI is InChI=1S/C16H27N3O/c1-5-15(20-4)16-18-11(3)13-9-12(10-17-6-2)7-8-14(13)19-16/h12,15,17H,5-10H2,1-4H3. The van der Waals surface area contributed by atoms with E-state index in [2.05, 4.69) is 31.1 Å². The van der Waals surface area contributed by atoms with Crippen LogP contribution < -0.4 is 5.32 Å². The van der Waals surface area contributed by atoms with Gasteiger partial charge in [-0.25, -0.2) is 9.97 Å². The number of nitrogens with zero attached hydrogens (tertiary/aromatic N) is 2. The second-order valence-electron chi connectivity index (χ2n) is 5.64. The molecule has 4 heteroatoms. The van der Waals surface area contributed by atoms with Gasteiger partial charge < -0.3 is 10.1 Å². The molecule has 1 aliphatic carbocycles. The molecular weight excluding hydrogens is 250 g/mol. The quantitative estimate of drug-likeness (QED) is 0.868. The molecule has 20 heavy (non-hydrogen) atoms. The van der Waals surface area contributed by atoms with Gasteiger partial charge in [0, 0.05) is 18.5 Å². The fraction of sp³-hybridized carbons (Fsp3) is 0.750. The van der Waals surface area contributed by atoms with Gasteiger partial charge in [0.1, 0.15) is 6.10 Å². The van der Waals surface area contributed by atoms with E-state index in [1.54, 1.807) is 7.11 Å². The second kappa shape index (κ2) is 7.14. The van der Waals surface area contributed by atoms with Crippen LogP contribution >= 0.6 is 0 Å². The molecule has 2 rings (SSSR count). The van der Waals surface area contributed by atoms with Crippen LogP contribution in [0.3, 0.4) is 0 Å². The molecule has 0 bridgehead atoms. The van der Waals surface area contributed by atoms with Gasteiger partial charge in [-0.2, -0.15) is 0 Å². The second-order valence-corrected chi connectivity index (χ2v) is 5.64. The summed E-state index contributed by atoms with van der Waals surface area (Å²) < 4.78 is 5.47. The molecule has 1 heterocycles. The number of ether oxygens (including phenoxy) is 1. The molecule has 1 aromatic heterocycles. The normalized spacial score (nSPS) is 19.7. The number of hydrogen-bond donors (Lipinski definition) is 1. The number of aryl methyl sites for hydroxylation is 2. The molecular formula is C16H27N3O. The van der Waals surface area contributed by atoms with E-state index in [9.17, 15) is 0 Å². The number of hydrogen-bond acceptors (Lipinski definition) is 4. The maximum Gasteiger partial charge on any atom is 0.157 e. The average molecular weight is 277 g/mol. The third-order valence-electron chi connectivity index (χ3n) is 4.23. The molecule has 0 saturated heterocycles. The molecule has 2 atom stereocenters. The highest BCUT2D eigenvalue weighted by Crippen LogP contribution is 2.28. The molecule has 0 spiro atoms. The average Bonchev–Trinajstić information content (AvgIpc) is 2.47. The summed E-state index contributed by atoms with van der Waals surface area (Å²) in [6, 6.07) is 0. The zero-order chi connectivity index (χ0) is 14.5. The van der Waals surface area contributed by atoms with Gasteiger partial charge in [0.25, 0.3) is 0 Å². The van der Waals surface area contributed by atoms with Crippen LogP contribution in [0.25, 0.3) is 0 Å². The van der Waals surface area contributed by atoms with Crippen molar-refractivity contribution in [2.24, 2.45) is 5.92 Å². The molecule has 2 unspecified atom stereocenters. The van der Waals surface area contributed by atoms with Crippen molar-refractivity contribution in [3.05, 3.63) is 22.8 Å². The van der Waals surface area contributed by atoms with Crippen molar-refractivity contribution < 1.29 is 4.74 Å². The van der Waals surface area contributed by atoms with E-state index in [-0.39, 0.29) is 6.10 Å². The van der Waals surface area contributed by atoms with Crippen molar-refractivity contribution in [3.63, 3.8) is 0 Å². The van der Waals surface area contributed by atoms with E-state index >= 15 is 0 Å². The Kier molecular flexibility index (Phi) is 5.49. The predicted molar refractivity (Wildman–Crippen MR) is 80.9 cm³/mol. The van der Waals surface area contributed by atoms with Gasteiger partial charge in [-0.05, 0) is 57.2 Å². The van der Waals surface area contributed by atoms with E-state index in [1.807, 2.05) is 0 Å². The molecule has 0 aliphatic heterocycles. The minimum absolute atomic E-state index is 0.0264. The lowest BCUT2D eigenvalue weighted by Crippen LogP contribution is -2.28. The smallest absolute Gasteiger partial charge is 0.157 e. The first-order valence-electron chi connectivity index (χ1n) is 7.79. The maximum absolute atomic E-state index is 5.47. The first-order valence-corrected chi connectivity index (χ1v) is 7.79. The Hall–Kier alpha value is -1.00. The third-order valence-corrected chi connectivity index (χ3v) is 4.23. The third kappa shape index (κ3) is 3.36. The van der Waals surface area contributed by atoms with Crippen LogP contribution in [0.1, 0.15) is 55.6 Å². The molecule has 1 aliphatic rings. The van der Waals surface area contributed by atoms with Crippen molar-refractivity contribution >= 4 is 0 Å². The molecule has 0 fully saturated rings.